The largest absolute Gasteiger partial charge is 0.310 e. The Hall–Kier alpha value is -11.7. The summed E-state index contributed by atoms with van der Waals surface area (Å²) in [5.74, 6) is 0. The number of nitrogens with zero attached hydrogens (tertiary/aromatic N) is 4. The summed E-state index contributed by atoms with van der Waals surface area (Å²) in [6, 6.07) is 39.3. The van der Waals surface area contributed by atoms with Crippen molar-refractivity contribution in [2.45, 2.75) is 157 Å². The van der Waals surface area contributed by atoms with Crippen LogP contribution in [-0.2, 0) is 32.5 Å². The molecule has 0 saturated heterocycles. The summed E-state index contributed by atoms with van der Waals surface area (Å²) in [5, 5.41) is -1.42. The first-order chi connectivity index (χ1) is 63.0. The van der Waals surface area contributed by atoms with Crippen LogP contribution in [0.5, 0.6) is 0 Å². The smallest absolute Gasteiger partial charge is 0.252 e. The summed E-state index contributed by atoms with van der Waals surface area (Å²) >= 11 is 0. The SMILES string of the molecule is [2H]c1c([2H])c(-n2c3c([2H])c([2H])c([2H])c([2H])c3c3c([2H])c([2H])c([2H])c([2H])c32)c([2H])c2c1B1c3c(cc(-c4ccccc4)cc3N(c3c(-c4ccc(C(C)(C)C)cc4)cc(C(C)(C)C)cc3-c3ccc(C(C)(C)C)cc3)c3c([2H])c(-n4c5c([2H])c([2H])c([2H])c([2H])c5c5c([2H])c([2H])c([2H])c([2H])c54)c([2H])c([2H])c31)N2c1c(-c2ccc(C(C)(C)C)cc2)cc(C(C)(C)C)cc1-c1ccc(C(C)(C)C)cc1. The van der Waals surface area contributed by atoms with E-state index in [9.17, 15) is 30.2 Å². The van der Waals surface area contributed by atoms with E-state index < -0.39 is 184 Å². The summed E-state index contributed by atoms with van der Waals surface area (Å²) in [4.78, 5) is 3.85. The number of hydrogen-bond acceptors (Lipinski definition) is 2. The first kappa shape index (κ1) is 51.8. The molecule has 558 valence electrons. The molecule has 113 heavy (non-hydrogen) atoms. The Labute approximate surface area is 701 Å². The molecular formula is C108H103BN4. The van der Waals surface area contributed by atoms with E-state index in [0.29, 0.717) is 72.5 Å². The van der Waals surface area contributed by atoms with E-state index in [4.69, 9.17) is 0 Å². The lowest BCUT2D eigenvalue weighted by molar-refractivity contribution is 0.589. The van der Waals surface area contributed by atoms with Crippen LogP contribution in [0, 0.1) is 0 Å². The highest BCUT2D eigenvalue weighted by atomic mass is 15.2. The molecule has 0 fully saturated rings. The van der Waals surface area contributed by atoms with Gasteiger partial charge >= 0.3 is 0 Å². The van der Waals surface area contributed by atoms with E-state index in [1.165, 1.54) is 0 Å². The molecule has 14 aromatic carbocycles. The molecule has 0 bridgehead atoms. The van der Waals surface area contributed by atoms with Crippen molar-refractivity contribution >= 4 is 101 Å². The second-order valence-electron chi connectivity index (χ2n) is 36.6. The van der Waals surface area contributed by atoms with Crippen LogP contribution in [-0.4, -0.2) is 15.8 Å². The average Bonchev–Trinajstić information content (AvgIpc) is 1.53. The Kier molecular flexibility index (Phi) is 12.1. The predicted octanol–water partition coefficient (Wildman–Crippen LogP) is 28.1. The van der Waals surface area contributed by atoms with Crippen LogP contribution in [0.25, 0.3) is 111 Å². The zero-order valence-electron chi connectivity index (χ0n) is 89.5. The minimum Gasteiger partial charge on any atom is -0.310 e. The second kappa shape index (κ2) is 26.5. The normalized spacial score (nSPS) is 16.1. The minimum atomic E-state index is -1.70. The first-order valence-electron chi connectivity index (χ1n) is 50.0. The number of benzene rings is 14. The Balaban J connectivity index is 1.15. The molecule has 4 heterocycles. The average molecular weight is 1490 g/mol. The first-order valence-corrected chi connectivity index (χ1v) is 39.0. The van der Waals surface area contributed by atoms with Gasteiger partial charge in [0.25, 0.3) is 6.71 Å². The third-order valence-electron chi connectivity index (χ3n) is 22.8. The van der Waals surface area contributed by atoms with E-state index in [2.05, 4.69) is 246 Å². The molecule has 0 radical (unpaired) electrons. The molecule has 0 aliphatic carbocycles. The zero-order valence-corrected chi connectivity index (χ0v) is 67.5. The highest BCUT2D eigenvalue weighted by Crippen LogP contribution is 2.56. The van der Waals surface area contributed by atoms with E-state index in [0.717, 1.165) is 42.5 Å². The number of hydrogen-bond donors (Lipinski definition) is 0. The Morgan fingerprint density at radius 1 is 0.257 bits per heavy atom. The summed E-state index contributed by atoms with van der Waals surface area (Å²) in [5.41, 5.74) is 7.46. The van der Waals surface area contributed by atoms with Crippen molar-refractivity contribution < 1.29 is 30.2 Å². The van der Waals surface area contributed by atoms with Gasteiger partial charge in [0.05, 0.1) is 63.6 Å². The van der Waals surface area contributed by atoms with E-state index >= 15 is 0 Å². The van der Waals surface area contributed by atoms with E-state index in [1.807, 2.05) is 52.3 Å². The molecule has 0 spiro atoms. The van der Waals surface area contributed by atoms with Gasteiger partial charge in [-0.05, 0) is 200 Å². The van der Waals surface area contributed by atoms with Crippen molar-refractivity contribution in [2.24, 2.45) is 0 Å². The van der Waals surface area contributed by atoms with Crippen molar-refractivity contribution in [1.82, 2.24) is 9.13 Å². The van der Waals surface area contributed by atoms with Crippen LogP contribution >= 0.6 is 0 Å². The van der Waals surface area contributed by atoms with Crippen LogP contribution in [0.1, 0.15) is 188 Å². The Bertz CT molecular complexity index is 7080. The Morgan fingerprint density at radius 3 is 0.805 bits per heavy atom. The number of aromatic nitrogens is 2. The van der Waals surface area contributed by atoms with Gasteiger partial charge in [0.15, 0.2) is 0 Å². The maximum atomic E-state index is 12.0. The molecule has 2 aliphatic heterocycles. The molecule has 0 saturated carbocycles. The van der Waals surface area contributed by atoms with Crippen molar-refractivity contribution in [3.63, 3.8) is 0 Å². The van der Waals surface area contributed by atoms with Gasteiger partial charge in [0.2, 0.25) is 0 Å². The fourth-order valence-corrected chi connectivity index (χ4v) is 16.4. The predicted molar refractivity (Wildman–Crippen MR) is 489 cm³/mol. The number of para-hydroxylation sites is 4. The number of rotatable bonds is 9. The van der Waals surface area contributed by atoms with Crippen molar-refractivity contribution in [2.75, 3.05) is 9.80 Å². The highest BCUT2D eigenvalue weighted by molar-refractivity contribution is 7.00. The van der Waals surface area contributed by atoms with Crippen molar-refractivity contribution in [3.05, 3.63) is 330 Å². The van der Waals surface area contributed by atoms with Crippen molar-refractivity contribution in [3.8, 4) is 67.0 Å². The maximum absolute atomic E-state index is 12.0. The second-order valence-corrected chi connectivity index (χ2v) is 36.6. The minimum absolute atomic E-state index is 0.164. The molecular weight excluding hydrogens is 1360 g/mol. The van der Waals surface area contributed by atoms with Gasteiger partial charge in [0, 0.05) is 77.9 Å². The van der Waals surface area contributed by atoms with Gasteiger partial charge in [-0.15, -0.1) is 0 Å². The molecule has 0 atom stereocenters. The quantitative estimate of drug-likeness (QED) is 0.134. The van der Waals surface area contributed by atoms with Gasteiger partial charge in [0.1, 0.15) is 0 Å². The summed E-state index contributed by atoms with van der Waals surface area (Å²) in [6.07, 6.45) is 0. The standard InChI is InChI=1S/C108H103BN4/c1-103(2,3)74-48-40-69(41-49-74)86-62-78(107(13,14)15)63-87(70-42-50-75(51-43-70)104(4,5)6)101(86)112-96-66-80(110-92-36-26-22-32-82(92)83-33-23-27-37-93(83)110)56-58-90(96)109-91-59-57-81(111-94-38-28-24-34-84(94)85-35-25-29-39-95(85)111)67-97(91)113(99-61-73(60-98(112)100(99)109)68-30-20-19-21-31-68)102-88(71-44-52-76(53-45-71)105(7,8)9)64-79(108(16,17)18)65-89(102)72-46-54-77(55-47-72)106(10,11)12/h19-67H,1-18H3/i22D,23D,24D,25D,26D,27D,28D,29D,32D,33D,34D,35D,36D,37D,38D,39D,56D,57D,58D,59D,66D,67D. The summed E-state index contributed by atoms with van der Waals surface area (Å²) < 4.78 is 226. The molecule has 2 aliphatic rings. The molecule has 4 nitrogen and oxygen atoms in total. The summed E-state index contributed by atoms with van der Waals surface area (Å²) in [6.45, 7) is 36.6. The van der Waals surface area contributed by atoms with Crippen LogP contribution in [0.2, 0.25) is 0 Å². The molecule has 0 unspecified atom stereocenters. The molecule has 16 aromatic rings. The number of anilines is 6. The fourth-order valence-electron chi connectivity index (χ4n) is 16.4. The number of fused-ring (bicyclic) bond motifs is 10. The zero-order chi connectivity index (χ0) is 97.9. The van der Waals surface area contributed by atoms with Gasteiger partial charge in [-0.2, -0.15) is 0 Å². The monoisotopic (exact) mass is 1490 g/mol. The van der Waals surface area contributed by atoms with Crippen molar-refractivity contribution in [1.29, 1.82) is 0 Å². The van der Waals surface area contributed by atoms with Gasteiger partial charge in [-0.1, -0.05) is 337 Å². The van der Waals surface area contributed by atoms with Crippen LogP contribution in [0.4, 0.5) is 34.1 Å². The van der Waals surface area contributed by atoms with Crippen LogP contribution < -0.4 is 26.2 Å². The molecule has 18 rings (SSSR count). The summed E-state index contributed by atoms with van der Waals surface area (Å²) in [7, 11) is 0. The third-order valence-corrected chi connectivity index (χ3v) is 22.8. The topological polar surface area (TPSA) is 16.3 Å². The lowest BCUT2D eigenvalue weighted by Gasteiger charge is -2.46. The third kappa shape index (κ3) is 12.5. The van der Waals surface area contributed by atoms with E-state index in [-0.39, 0.29) is 76.9 Å². The molecule has 0 N–H and O–H groups in total. The molecule has 0 amide bonds. The molecule has 2 aromatic heterocycles. The highest BCUT2D eigenvalue weighted by Gasteiger charge is 2.47. The van der Waals surface area contributed by atoms with Crippen LogP contribution in [0.3, 0.4) is 0 Å². The maximum Gasteiger partial charge on any atom is 0.252 e. The van der Waals surface area contributed by atoms with Crippen LogP contribution in [0.15, 0.2) is 297 Å². The van der Waals surface area contributed by atoms with Gasteiger partial charge < -0.3 is 18.9 Å². The Morgan fingerprint density at radius 2 is 0.531 bits per heavy atom. The van der Waals surface area contributed by atoms with Gasteiger partial charge in [-0.25, -0.2) is 0 Å². The lowest BCUT2D eigenvalue weighted by atomic mass is 9.33. The van der Waals surface area contributed by atoms with Gasteiger partial charge in [-0.3, -0.25) is 0 Å². The lowest BCUT2D eigenvalue weighted by Crippen LogP contribution is -2.61. The fraction of sp³-hybridized carbons (Fsp3) is 0.222. The van der Waals surface area contributed by atoms with E-state index in [1.54, 1.807) is 0 Å². The molecule has 5 heteroatoms.